The lowest BCUT2D eigenvalue weighted by molar-refractivity contribution is -0.140. The Hall–Kier alpha value is -1.17. The van der Waals surface area contributed by atoms with Crippen molar-refractivity contribution in [3.8, 4) is 6.07 Å². The highest BCUT2D eigenvalue weighted by Gasteiger charge is 2.41. The molecule has 102 valence electrons. The van der Waals surface area contributed by atoms with Gasteiger partial charge in [-0.2, -0.15) is 9.57 Å². The molecule has 1 heterocycles. The second-order valence-corrected chi connectivity index (χ2v) is 6.67. The summed E-state index contributed by atoms with van der Waals surface area (Å²) >= 11 is 0. The highest BCUT2D eigenvalue weighted by Crippen LogP contribution is 2.27. The molecule has 8 heteroatoms. The molecule has 2 unspecified atom stereocenters. The minimum absolute atomic E-state index is 0.118. The van der Waals surface area contributed by atoms with Crippen LogP contribution in [0.25, 0.3) is 0 Å². The molecule has 0 aromatic heterocycles. The summed E-state index contributed by atoms with van der Waals surface area (Å²) in [6, 6.07) is 1.82. The van der Waals surface area contributed by atoms with Crippen LogP contribution in [0.15, 0.2) is 0 Å². The molecule has 0 spiro atoms. The molecule has 1 saturated heterocycles. The Kier molecular flexibility index (Phi) is 4.32. The summed E-state index contributed by atoms with van der Waals surface area (Å²) in [5.41, 5.74) is -1.31. The van der Waals surface area contributed by atoms with Crippen LogP contribution < -0.4 is 0 Å². The minimum atomic E-state index is -3.71. The lowest BCUT2D eigenvalue weighted by Crippen LogP contribution is -2.38. The number of nitrogens with zero attached hydrogens (tertiary/aromatic N) is 2. The van der Waals surface area contributed by atoms with Gasteiger partial charge in [0, 0.05) is 13.1 Å². The first-order valence-electron chi connectivity index (χ1n) is 5.50. The Bertz CT molecular complexity index is 469. The van der Waals surface area contributed by atoms with E-state index in [2.05, 4.69) is 0 Å². The second-order valence-electron chi connectivity index (χ2n) is 4.66. The monoisotopic (exact) mass is 276 g/mol. The number of carbonyl (C=O) groups is 1. The van der Waals surface area contributed by atoms with Gasteiger partial charge in [-0.3, -0.25) is 4.79 Å². The van der Waals surface area contributed by atoms with E-state index in [1.54, 1.807) is 0 Å². The molecule has 0 saturated carbocycles. The van der Waals surface area contributed by atoms with Crippen LogP contribution in [0.1, 0.15) is 19.8 Å². The first kappa shape index (κ1) is 14.9. The molecule has 2 N–H and O–H groups in total. The van der Waals surface area contributed by atoms with Crippen LogP contribution in [0.3, 0.4) is 0 Å². The molecule has 0 aromatic carbocycles. The van der Waals surface area contributed by atoms with Crippen LogP contribution in [-0.2, 0) is 14.8 Å². The number of aliphatic hydroxyl groups is 1. The molecule has 0 aliphatic carbocycles. The summed E-state index contributed by atoms with van der Waals surface area (Å²) in [6.45, 7) is 1.29. The molecule has 7 nitrogen and oxygen atoms in total. The second kappa shape index (κ2) is 5.22. The largest absolute Gasteiger partial charge is 0.481 e. The Morgan fingerprint density at radius 2 is 2.22 bits per heavy atom. The van der Waals surface area contributed by atoms with Crippen molar-refractivity contribution < 1.29 is 23.4 Å². The fourth-order valence-electron chi connectivity index (χ4n) is 1.84. The third kappa shape index (κ3) is 3.41. The lowest BCUT2D eigenvalue weighted by Gasteiger charge is -2.21. The van der Waals surface area contributed by atoms with Crippen molar-refractivity contribution in [2.24, 2.45) is 5.92 Å². The van der Waals surface area contributed by atoms with Crippen molar-refractivity contribution >= 4 is 16.0 Å². The van der Waals surface area contributed by atoms with Crippen molar-refractivity contribution in [1.82, 2.24) is 4.31 Å². The molecular weight excluding hydrogens is 260 g/mol. The highest BCUT2D eigenvalue weighted by atomic mass is 32.2. The van der Waals surface area contributed by atoms with E-state index in [9.17, 15) is 18.3 Å². The average molecular weight is 276 g/mol. The SMILES string of the molecule is CC(CS(=O)(=O)N1CCC(O)(CC#N)C1)C(=O)O. The molecule has 1 aliphatic heterocycles. The zero-order valence-corrected chi connectivity index (χ0v) is 10.9. The van der Waals surface area contributed by atoms with Gasteiger partial charge >= 0.3 is 5.97 Å². The summed E-state index contributed by atoms with van der Waals surface area (Å²) in [5, 5.41) is 27.2. The van der Waals surface area contributed by atoms with Gasteiger partial charge in [0.05, 0.1) is 29.8 Å². The fourth-order valence-corrected chi connectivity index (χ4v) is 3.63. The van der Waals surface area contributed by atoms with Crippen LogP contribution >= 0.6 is 0 Å². The van der Waals surface area contributed by atoms with Crippen molar-refractivity contribution in [1.29, 1.82) is 5.26 Å². The topological polar surface area (TPSA) is 119 Å². The van der Waals surface area contributed by atoms with E-state index in [1.807, 2.05) is 6.07 Å². The van der Waals surface area contributed by atoms with Gasteiger partial charge in [-0.05, 0) is 6.42 Å². The van der Waals surface area contributed by atoms with E-state index in [0.29, 0.717) is 0 Å². The maximum absolute atomic E-state index is 11.9. The van der Waals surface area contributed by atoms with E-state index < -0.39 is 33.3 Å². The summed E-state index contributed by atoms with van der Waals surface area (Å²) in [5.74, 6) is -2.67. The summed E-state index contributed by atoms with van der Waals surface area (Å²) in [4.78, 5) is 10.6. The Labute approximate surface area is 106 Å². The van der Waals surface area contributed by atoms with E-state index >= 15 is 0 Å². The van der Waals surface area contributed by atoms with E-state index in [0.717, 1.165) is 4.31 Å². The van der Waals surface area contributed by atoms with Gasteiger partial charge in [-0.25, -0.2) is 8.42 Å². The smallest absolute Gasteiger partial charge is 0.307 e. The van der Waals surface area contributed by atoms with Gasteiger partial charge in [0.1, 0.15) is 0 Å². The van der Waals surface area contributed by atoms with Gasteiger partial charge < -0.3 is 10.2 Å². The Morgan fingerprint density at radius 3 is 2.72 bits per heavy atom. The van der Waals surface area contributed by atoms with Crippen LogP contribution in [0.2, 0.25) is 0 Å². The number of carboxylic acids is 1. The van der Waals surface area contributed by atoms with Crippen LogP contribution in [0.5, 0.6) is 0 Å². The zero-order chi connectivity index (χ0) is 14.0. The average Bonchev–Trinajstić information content (AvgIpc) is 2.61. The van der Waals surface area contributed by atoms with Crippen molar-refractivity contribution in [3.05, 3.63) is 0 Å². The predicted molar refractivity (Wildman–Crippen MR) is 62.0 cm³/mol. The van der Waals surface area contributed by atoms with Crippen LogP contribution in [0.4, 0.5) is 0 Å². The molecule has 1 fully saturated rings. The number of nitriles is 1. The first-order chi connectivity index (χ1) is 8.20. The fraction of sp³-hybridized carbons (Fsp3) is 0.800. The summed E-state index contributed by atoms with van der Waals surface area (Å²) in [6.07, 6.45) is 0.0642. The summed E-state index contributed by atoms with van der Waals surface area (Å²) in [7, 11) is -3.71. The van der Waals surface area contributed by atoms with Crippen molar-refractivity contribution in [2.75, 3.05) is 18.8 Å². The first-order valence-corrected chi connectivity index (χ1v) is 7.11. The van der Waals surface area contributed by atoms with Gasteiger partial charge in [0.25, 0.3) is 0 Å². The third-order valence-corrected chi connectivity index (χ3v) is 5.00. The van der Waals surface area contributed by atoms with Gasteiger partial charge in [0.15, 0.2) is 0 Å². The maximum atomic E-state index is 11.9. The number of sulfonamides is 1. The molecule has 0 radical (unpaired) electrons. The molecule has 1 aliphatic rings. The number of β-amino-alcohol motifs (C(OH)–C–C–N with tert-alkyl or cyclic N) is 1. The summed E-state index contributed by atoms with van der Waals surface area (Å²) < 4.78 is 24.9. The number of hydrogen-bond acceptors (Lipinski definition) is 5. The predicted octanol–water partition coefficient (Wildman–Crippen LogP) is -0.613. The van der Waals surface area contributed by atoms with E-state index in [1.165, 1.54) is 6.92 Å². The van der Waals surface area contributed by atoms with Gasteiger partial charge in [-0.1, -0.05) is 6.92 Å². The molecule has 1 rings (SSSR count). The molecular formula is C10H16N2O5S. The quantitative estimate of drug-likeness (QED) is 0.691. The Balaban J connectivity index is 2.72. The highest BCUT2D eigenvalue weighted by molar-refractivity contribution is 7.89. The number of hydrogen-bond donors (Lipinski definition) is 2. The van der Waals surface area contributed by atoms with E-state index in [-0.39, 0.29) is 25.9 Å². The molecule has 0 amide bonds. The van der Waals surface area contributed by atoms with Crippen LogP contribution in [-0.4, -0.2) is 53.3 Å². The van der Waals surface area contributed by atoms with Crippen molar-refractivity contribution in [3.63, 3.8) is 0 Å². The third-order valence-electron chi connectivity index (χ3n) is 2.98. The van der Waals surface area contributed by atoms with Gasteiger partial charge in [0.2, 0.25) is 10.0 Å². The van der Waals surface area contributed by atoms with Crippen molar-refractivity contribution in [2.45, 2.75) is 25.4 Å². The van der Waals surface area contributed by atoms with Crippen LogP contribution in [0, 0.1) is 17.2 Å². The minimum Gasteiger partial charge on any atom is -0.481 e. The molecule has 0 bridgehead atoms. The number of aliphatic carboxylic acids is 1. The Morgan fingerprint density at radius 1 is 1.61 bits per heavy atom. The molecule has 2 atom stereocenters. The maximum Gasteiger partial charge on any atom is 0.307 e. The zero-order valence-electron chi connectivity index (χ0n) is 10.0. The number of rotatable bonds is 5. The molecule has 0 aromatic rings. The van der Waals surface area contributed by atoms with E-state index in [4.69, 9.17) is 10.4 Å². The van der Waals surface area contributed by atoms with Gasteiger partial charge in [-0.15, -0.1) is 0 Å². The molecule has 18 heavy (non-hydrogen) atoms. The normalized spacial score (nSPS) is 26.7. The number of carboxylic acid groups (broad SMARTS) is 1. The standard InChI is InChI=1S/C10H16N2O5S/c1-8(9(13)14)6-18(16,17)12-5-3-10(15,7-12)2-4-11/h8,15H,2-3,5-7H2,1H3,(H,13,14). The lowest BCUT2D eigenvalue weighted by atomic mass is 10.0.